The number of hydrogen-bond donors (Lipinski definition) is 3. The fourth-order valence-corrected chi connectivity index (χ4v) is 8.54. The van der Waals surface area contributed by atoms with Crippen LogP contribution in [0.5, 0.6) is 0 Å². The molecular weight excluding hydrogens is 632 g/mol. The smallest absolute Gasteiger partial charge is 0.409 e. The molecule has 1 saturated carbocycles. The lowest BCUT2D eigenvalue weighted by Gasteiger charge is -2.48. The molecule has 8 rings (SSSR count). The summed E-state index contributed by atoms with van der Waals surface area (Å²) in [6.07, 6.45) is 8.17. The number of anilines is 3. The summed E-state index contributed by atoms with van der Waals surface area (Å²) in [7, 11) is 3.02. The topological polar surface area (TPSA) is 136 Å². The molecule has 50 heavy (non-hydrogen) atoms. The second-order valence-corrected chi connectivity index (χ2v) is 14.2. The third-order valence-electron chi connectivity index (χ3n) is 11.5. The van der Waals surface area contributed by atoms with Gasteiger partial charge in [0.05, 0.1) is 30.1 Å². The molecule has 260 valence electrons. The van der Waals surface area contributed by atoms with Gasteiger partial charge >= 0.3 is 6.09 Å². The predicted octanol–water partition coefficient (Wildman–Crippen LogP) is 5.50. The molecule has 12 heteroatoms. The van der Waals surface area contributed by atoms with Gasteiger partial charge in [0.15, 0.2) is 5.82 Å². The molecular formula is C38H44N8O4. The molecule has 0 unspecified atom stereocenters. The van der Waals surface area contributed by atoms with Crippen LogP contribution in [-0.4, -0.2) is 95.1 Å². The lowest BCUT2D eigenvalue weighted by atomic mass is 9.73. The van der Waals surface area contributed by atoms with Crippen LogP contribution < -0.4 is 15.5 Å². The van der Waals surface area contributed by atoms with Crippen molar-refractivity contribution in [1.29, 1.82) is 0 Å². The van der Waals surface area contributed by atoms with Gasteiger partial charge in [-0.2, -0.15) is 0 Å². The molecule has 1 spiro atoms. The van der Waals surface area contributed by atoms with E-state index in [1.54, 1.807) is 18.3 Å². The maximum Gasteiger partial charge on any atom is 0.409 e. The van der Waals surface area contributed by atoms with Crippen LogP contribution in [0.2, 0.25) is 0 Å². The van der Waals surface area contributed by atoms with Crippen molar-refractivity contribution in [3.63, 3.8) is 0 Å². The first-order chi connectivity index (χ1) is 24.3. The minimum atomic E-state index is -0.671. The average molecular weight is 677 g/mol. The molecule has 5 heterocycles. The van der Waals surface area contributed by atoms with Crippen molar-refractivity contribution in [3.05, 3.63) is 65.5 Å². The maximum atomic E-state index is 14.7. The number of amides is 3. The summed E-state index contributed by atoms with van der Waals surface area (Å²) in [6.45, 7) is 5.15. The maximum absolute atomic E-state index is 14.7. The van der Waals surface area contributed by atoms with Crippen LogP contribution in [0.3, 0.4) is 0 Å². The summed E-state index contributed by atoms with van der Waals surface area (Å²) >= 11 is 0. The molecule has 0 atom stereocenters. The molecule has 2 aromatic carbocycles. The number of nitrogens with zero attached hydrogens (tertiary/aromatic N) is 5. The van der Waals surface area contributed by atoms with Crippen LogP contribution in [0.25, 0.3) is 22.3 Å². The standard InChI is InChI=1S/C38H44N8O4/c1-23-7-9-25(18-28(23)35(47)39-2)42-34-33-31(40-22-41-33)21-30(43-34)24-8-10-29-32(17-24)46(27-19-26(20-27)44-13-5-4-6-14-44)36(48)38(29)11-15-45(16-12-38)37(49)50-3/h7-10,17-18,21-22,26-27H,4-6,11-16,19-20H2,1-3H3,(H,39,47)(H,40,41)(H,42,43). The summed E-state index contributed by atoms with van der Waals surface area (Å²) in [5, 5.41) is 6.12. The summed E-state index contributed by atoms with van der Waals surface area (Å²) < 4.78 is 5.01. The molecule has 3 amide bonds. The minimum Gasteiger partial charge on any atom is -0.453 e. The quantitative estimate of drug-likeness (QED) is 0.244. The number of H-pyrrole nitrogens is 1. The number of methoxy groups -OCH3 is 1. The second-order valence-electron chi connectivity index (χ2n) is 14.2. The highest BCUT2D eigenvalue weighted by atomic mass is 16.5. The Morgan fingerprint density at radius 1 is 0.980 bits per heavy atom. The van der Waals surface area contributed by atoms with Gasteiger partial charge in [0.2, 0.25) is 5.91 Å². The lowest BCUT2D eigenvalue weighted by Crippen LogP contribution is -2.58. The number of hydrogen-bond acceptors (Lipinski definition) is 8. The van der Waals surface area contributed by atoms with E-state index < -0.39 is 5.41 Å². The van der Waals surface area contributed by atoms with Crippen LogP contribution in [0.15, 0.2) is 48.8 Å². The van der Waals surface area contributed by atoms with E-state index >= 15 is 0 Å². The van der Waals surface area contributed by atoms with Crippen LogP contribution in [0.4, 0.5) is 22.0 Å². The highest BCUT2D eigenvalue weighted by Crippen LogP contribution is 2.52. The van der Waals surface area contributed by atoms with E-state index in [1.165, 1.54) is 26.4 Å². The first-order valence-corrected chi connectivity index (χ1v) is 17.8. The number of nitrogens with one attached hydrogen (secondary N) is 3. The number of rotatable bonds is 6. The Balaban J connectivity index is 1.15. The van der Waals surface area contributed by atoms with Gasteiger partial charge in [-0.25, -0.2) is 14.8 Å². The molecule has 2 saturated heterocycles. The third-order valence-corrected chi connectivity index (χ3v) is 11.5. The average Bonchev–Trinajstić information content (AvgIpc) is 3.70. The van der Waals surface area contributed by atoms with E-state index in [9.17, 15) is 14.4 Å². The zero-order valence-electron chi connectivity index (χ0n) is 28.9. The summed E-state index contributed by atoms with van der Waals surface area (Å²) in [6, 6.07) is 14.6. The summed E-state index contributed by atoms with van der Waals surface area (Å²) in [5.41, 5.74) is 6.64. The van der Waals surface area contributed by atoms with Crippen molar-refractivity contribution in [1.82, 2.24) is 30.1 Å². The van der Waals surface area contributed by atoms with Gasteiger partial charge in [0.25, 0.3) is 5.91 Å². The number of piperidine rings is 2. The number of ether oxygens (including phenoxy) is 1. The van der Waals surface area contributed by atoms with Crippen LogP contribution in [0.1, 0.15) is 66.4 Å². The van der Waals surface area contributed by atoms with Crippen molar-refractivity contribution in [3.8, 4) is 11.3 Å². The second kappa shape index (κ2) is 12.7. The molecule has 3 fully saturated rings. The third kappa shape index (κ3) is 5.37. The van der Waals surface area contributed by atoms with Gasteiger partial charge in [-0.3, -0.25) is 9.59 Å². The monoisotopic (exact) mass is 676 g/mol. The van der Waals surface area contributed by atoms with E-state index in [4.69, 9.17) is 9.72 Å². The summed E-state index contributed by atoms with van der Waals surface area (Å²) in [4.78, 5) is 58.8. The molecule has 4 aromatic rings. The van der Waals surface area contributed by atoms with Crippen LogP contribution >= 0.6 is 0 Å². The largest absolute Gasteiger partial charge is 0.453 e. The molecule has 0 bridgehead atoms. The molecule has 12 nitrogen and oxygen atoms in total. The molecule has 0 radical (unpaired) electrons. The number of fused-ring (bicyclic) bond motifs is 3. The molecule has 2 aromatic heterocycles. The van der Waals surface area contributed by atoms with Crippen molar-refractivity contribution < 1.29 is 19.1 Å². The highest BCUT2D eigenvalue weighted by molar-refractivity contribution is 6.09. The highest BCUT2D eigenvalue weighted by Gasteiger charge is 2.56. The van der Waals surface area contributed by atoms with E-state index in [-0.39, 0.29) is 23.9 Å². The first-order valence-electron chi connectivity index (χ1n) is 17.8. The van der Waals surface area contributed by atoms with Gasteiger partial charge in [-0.05, 0) is 93.9 Å². The number of aromatic nitrogens is 3. The Bertz CT molecular complexity index is 1970. The molecule has 1 aliphatic carbocycles. The Morgan fingerprint density at radius 3 is 2.50 bits per heavy atom. The van der Waals surface area contributed by atoms with Crippen LogP contribution in [-0.2, 0) is 14.9 Å². The lowest BCUT2D eigenvalue weighted by molar-refractivity contribution is -0.126. The zero-order valence-corrected chi connectivity index (χ0v) is 28.9. The number of imidazole rings is 1. The van der Waals surface area contributed by atoms with Crippen molar-refractivity contribution >= 4 is 46.1 Å². The van der Waals surface area contributed by atoms with Gasteiger partial charge in [-0.15, -0.1) is 0 Å². The van der Waals surface area contributed by atoms with E-state index in [0.29, 0.717) is 48.9 Å². The van der Waals surface area contributed by atoms with Crippen molar-refractivity contribution in [2.45, 2.75) is 69.4 Å². The fourth-order valence-electron chi connectivity index (χ4n) is 8.54. The Labute approximate surface area is 291 Å². The van der Waals surface area contributed by atoms with Gasteiger partial charge < -0.3 is 35.1 Å². The van der Waals surface area contributed by atoms with E-state index in [0.717, 1.165) is 65.2 Å². The van der Waals surface area contributed by atoms with Gasteiger partial charge in [-0.1, -0.05) is 24.6 Å². The predicted molar refractivity (Wildman–Crippen MR) is 192 cm³/mol. The number of pyridine rings is 1. The number of carbonyl (C=O) groups excluding carboxylic acids is 3. The number of aromatic amines is 1. The number of benzene rings is 2. The van der Waals surface area contributed by atoms with Crippen molar-refractivity contribution in [2.75, 3.05) is 50.6 Å². The minimum absolute atomic E-state index is 0.137. The Morgan fingerprint density at radius 2 is 1.76 bits per heavy atom. The Hall–Kier alpha value is -4.97. The molecule has 4 aliphatic rings. The number of aryl methyl sites for hydroxylation is 1. The Kier molecular flexibility index (Phi) is 8.21. The number of likely N-dealkylation sites (tertiary alicyclic amines) is 2. The van der Waals surface area contributed by atoms with E-state index in [1.807, 2.05) is 31.2 Å². The first kappa shape index (κ1) is 32.2. The fraction of sp³-hybridized carbons (Fsp3) is 0.447. The normalized spacial score (nSPS) is 21.6. The van der Waals surface area contributed by atoms with Crippen LogP contribution in [0, 0.1) is 6.92 Å². The SMILES string of the molecule is CNC(=O)c1cc(Nc2nc(-c3ccc4c(c3)N(C3CC(N5CCCCC5)C3)C(=O)C43CCN(C(=O)OC)CC3)cc3[nH]cnc23)ccc1C. The van der Waals surface area contributed by atoms with Gasteiger partial charge in [0.1, 0.15) is 5.52 Å². The van der Waals surface area contributed by atoms with E-state index in [2.05, 4.69) is 48.6 Å². The zero-order chi connectivity index (χ0) is 34.6. The molecule has 3 aliphatic heterocycles. The summed E-state index contributed by atoms with van der Waals surface area (Å²) in [5.74, 6) is 0.563. The number of carbonyl (C=O) groups is 3. The van der Waals surface area contributed by atoms with Gasteiger partial charge in [0, 0.05) is 54.7 Å². The molecule has 3 N–H and O–H groups in total. The van der Waals surface area contributed by atoms with Crippen molar-refractivity contribution in [2.24, 2.45) is 0 Å².